The fourth-order valence-electron chi connectivity index (χ4n) is 4.14. The van der Waals surface area contributed by atoms with Crippen molar-refractivity contribution in [2.75, 3.05) is 25.0 Å². The van der Waals surface area contributed by atoms with Gasteiger partial charge in [-0.3, -0.25) is 19.8 Å². The van der Waals surface area contributed by atoms with E-state index in [0.717, 1.165) is 54.9 Å². The molecular formula is C25H27N3O5. The number of nitro groups is 1. The Labute approximate surface area is 192 Å². The molecule has 0 radical (unpaired) electrons. The molecule has 0 amide bonds. The van der Waals surface area contributed by atoms with Crippen LogP contribution in [0.3, 0.4) is 0 Å². The summed E-state index contributed by atoms with van der Waals surface area (Å²) in [4.78, 5) is 25.6. The van der Waals surface area contributed by atoms with Crippen molar-refractivity contribution in [3.8, 4) is 11.1 Å². The Bertz CT molecular complexity index is 1100. The third-order valence-electron chi connectivity index (χ3n) is 5.87. The zero-order valence-electron chi connectivity index (χ0n) is 18.5. The number of carbonyl (C=O) groups is 1. The van der Waals surface area contributed by atoms with Crippen LogP contribution in [0.15, 0.2) is 65.5 Å². The highest BCUT2D eigenvalue weighted by Gasteiger charge is 2.26. The molecule has 8 nitrogen and oxygen atoms in total. The van der Waals surface area contributed by atoms with E-state index in [4.69, 9.17) is 9.15 Å². The lowest BCUT2D eigenvalue weighted by Gasteiger charge is -2.30. The lowest BCUT2D eigenvalue weighted by molar-refractivity contribution is -0.383. The zero-order valence-corrected chi connectivity index (χ0v) is 18.5. The second kappa shape index (κ2) is 10.3. The Kier molecular flexibility index (Phi) is 7.04. The van der Waals surface area contributed by atoms with Crippen molar-refractivity contribution in [3.63, 3.8) is 0 Å². The molecule has 0 atom stereocenters. The van der Waals surface area contributed by atoms with Gasteiger partial charge in [-0.1, -0.05) is 18.2 Å². The van der Waals surface area contributed by atoms with Gasteiger partial charge in [0.15, 0.2) is 0 Å². The first-order valence-corrected chi connectivity index (χ1v) is 11.1. The van der Waals surface area contributed by atoms with Crippen molar-refractivity contribution in [1.29, 1.82) is 0 Å². The van der Waals surface area contributed by atoms with Crippen LogP contribution in [-0.2, 0) is 16.1 Å². The molecular weight excluding hydrogens is 422 g/mol. The maximum atomic E-state index is 11.9. The third-order valence-corrected chi connectivity index (χ3v) is 5.87. The van der Waals surface area contributed by atoms with E-state index in [9.17, 15) is 14.9 Å². The number of nitro benzene ring substituents is 1. The van der Waals surface area contributed by atoms with E-state index >= 15 is 0 Å². The Morgan fingerprint density at radius 2 is 2.00 bits per heavy atom. The molecule has 1 aliphatic heterocycles. The SMILES string of the molecule is CCOC(=O)C1CCN(Cc2cccc(Nc3ccc(-c4ccoc4)cc3[N+](=O)[O-])c2)CC1. The summed E-state index contributed by atoms with van der Waals surface area (Å²) in [7, 11) is 0. The van der Waals surface area contributed by atoms with Crippen LogP contribution < -0.4 is 5.32 Å². The fourth-order valence-corrected chi connectivity index (χ4v) is 4.14. The first kappa shape index (κ1) is 22.5. The number of carbonyl (C=O) groups excluding carboxylic acids is 1. The van der Waals surface area contributed by atoms with Crippen molar-refractivity contribution < 1.29 is 18.9 Å². The Morgan fingerprint density at radius 3 is 2.70 bits per heavy atom. The smallest absolute Gasteiger partial charge is 0.309 e. The number of furan rings is 1. The molecule has 1 fully saturated rings. The predicted molar refractivity (Wildman–Crippen MR) is 125 cm³/mol. The molecule has 2 aromatic carbocycles. The summed E-state index contributed by atoms with van der Waals surface area (Å²) in [6.07, 6.45) is 4.70. The summed E-state index contributed by atoms with van der Waals surface area (Å²) in [5.41, 5.74) is 3.83. The standard InChI is InChI=1S/C25H27N3O5/c1-2-33-25(29)19-8-11-27(12-9-19)16-18-4-3-5-22(14-18)26-23-7-6-20(15-24(23)28(30)31)21-10-13-32-17-21/h3-7,10,13-15,17,19,26H,2,8-9,11-12,16H2,1H3. The van der Waals surface area contributed by atoms with Gasteiger partial charge in [-0.15, -0.1) is 0 Å². The van der Waals surface area contributed by atoms with Crippen molar-refractivity contribution >= 4 is 23.0 Å². The van der Waals surface area contributed by atoms with Crippen molar-refractivity contribution in [2.24, 2.45) is 5.92 Å². The Morgan fingerprint density at radius 1 is 1.18 bits per heavy atom. The van der Waals surface area contributed by atoms with Crippen LogP contribution in [0.25, 0.3) is 11.1 Å². The normalized spacial score (nSPS) is 14.7. The summed E-state index contributed by atoms with van der Waals surface area (Å²) in [6.45, 7) is 4.68. The van der Waals surface area contributed by atoms with Gasteiger partial charge in [-0.2, -0.15) is 0 Å². The lowest BCUT2D eigenvalue weighted by atomic mass is 9.96. The maximum Gasteiger partial charge on any atom is 0.309 e. The van der Waals surface area contributed by atoms with Gasteiger partial charge in [0.1, 0.15) is 5.69 Å². The number of anilines is 2. The molecule has 4 rings (SSSR count). The molecule has 0 spiro atoms. The second-order valence-electron chi connectivity index (χ2n) is 8.13. The third kappa shape index (κ3) is 5.59. The number of benzene rings is 2. The molecule has 0 bridgehead atoms. The first-order chi connectivity index (χ1) is 16.0. The van der Waals surface area contributed by atoms with Crippen LogP contribution in [0.5, 0.6) is 0 Å². The molecule has 1 aliphatic rings. The monoisotopic (exact) mass is 449 g/mol. The van der Waals surface area contributed by atoms with Crippen LogP contribution in [0.2, 0.25) is 0 Å². The van der Waals surface area contributed by atoms with Gasteiger partial charge in [-0.25, -0.2) is 0 Å². The minimum absolute atomic E-state index is 0.000130. The molecule has 1 N–H and O–H groups in total. The van der Waals surface area contributed by atoms with E-state index in [0.29, 0.717) is 12.3 Å². The largest absolute Gasteiger partial charge is 0.472 e. The number of nitrogens with zero attached hydrogens (tertiary/aromatic N) is 2. The lowest BCUT2D eigenvalue weighted by Crippen LogP contribution is -2.36. The fraction of sp³-hybridized carbons (Fsp3) is 0.320. The average Bonchev–Trinajstić information content (AvgIpc) is 3.35. The van der Waals surface area contributed by atoms with Crippen LogP contribution in [-0.4, -0.2) is 35.5 Å². The maximum absolute atomic E-state index is 11.9. The molecule has 8 heteroatoms. The number of esters is 1. The van der Waals surface area contributed by atoms with Gasteiger partial charge >= 0.3 is 5.97 Å². The highest BCUT2D eigenvalue weighted by Crippen LogP contribution is 2.33. The minimum Gasteiger partial charge on any atom is -0.472 e. The molecule has 1 aromatic heterocycles. The number of rotatable bonds is 8. The summed E-state index contributed by atoms with van der Waals surface area (Å²) in [5.74, 6) is -0.108. The first-order valence-electron chi connectivity index (χ1n) is 11.1. The zero-order chi connectivity index (χ0) is 23.2. The molecule has 1 saturated heterocycles. The molecule has 0 aliphatic carbocycles. The topological polar surface area (TPSA) is 97.8 Å². The highest BCUT2D eigenvalue weighted by atomic mass is 16.6. The summed E-state index contributed by atoms with van der Waals surface area (Å²) < 4.78 is 10.2. The van der Waals surface area contributed by atoms with Crippen LogP contribution in [0.1, 0.15) is 25.3 Å². The van der Waals surface area contributed by atoms with Gasteiger partial charge in [0, 0.05) is 23.9 Å². The number of likely N-dealkylation sites (tertiary alicyclic amines) is 1. The number of hydrogen-bond acceptors (Lipinski definition) is 7. The van der Waals surface area contributed by atoms with Crippen molar-refractivity contribution in [3.05, 3.63) is 76.7 Å². The Balaban J connectivity index is 1.42. The van der Waals surface area contributed by atoms with Crippen molar-refractivity contribution in [1.82, 2.24) is 4.90 Å². The molecule has 0 saturated carbocycles. The number of piperidine rings is 1. The van der Waals surface area contributed by atoms with Crippen LogP contribution >= 0.6 is 0 Å². The second-order valence-corrected chi connectivity index (χ2v) is 8.13. The van der Waals surface area contributed by atoms with Gasteiger partial charge in [-0.05, 0) is 68.2 Å². The summed E-state index contributed by atoms with van der Waals surface area (Å²) in [5, 5.41) is 14.9. The quantitative estimate of drug-likeness (QED) is 0.280. The highest BCUT2D eigenvalue weighted by molar-refractivity contribution is 5.76. The van der Waals surface area contributed by atoms with E-state index in [2.05, 4.69) is 10.2 Å². The van der Waals surface area contributed by atoms with Crippen molar-refractivity contribution in [2.45, 2.75) is 26.3 Å². The average molecular weight is 450 g/mol. The molecule has 33 heavy (non-hydrogen) atoms. The van der Waals surface area contributed by atoms with Gasteiger partial charge in [0.05, 0.1) is 30.0 Å². The van der Waals surface area contributed by atoms with E-state index in [1.54, 1.807) is 24.5 Å². The summed E-state index contributed by atoms with van der Waals surface area (Å²) >= 11 is 0. The number of hydrogen-bond donors (Lipinski definition) is 1. The molecule has 172 valence electrons. The van der Waals surface area contributed by atoms with Gasteiger partial charge in [0.25, 0.3) is 5.69 Å². The van der Waals surface area contributed by atoms with E-state index < -0.39 is 0 Å². The number of nitrogens with one attached hydrogen (secondary N) is 1. The Hall–Kier alpha value is -3.65. The minimum atomic E-state index is -0.385. The van der Waals surface area contributed by atoms with Crippen LogP contribution in [0.4, 0.5) is 17.1 Å². The van der Waals surface area contributed by atoms with E-state index in [1.807, 2.05) is 37.3 Å². The molecule has 3 aromatic rings. The molecule has 2 heterocycles. The van der Waals surface area contributed by atoms with E-state index in [1.165, 1.54) is 6.26 Å². The van der Waals surface area contributed by atoms with E-state index in [-0.39, 0.29) is 22.5 Å². The predicted octanol–water partition coefficient (Wildman–Crippen LogP) is 5.37. The van der Waals surface area contributed by atoms with Gasteiger partial charge in [0.2, 0.25) is 0 Å². The number of ether oxygens (including phenoxy) is 1. The summed E-state index contributed by atoms with van der Waals surface area (Å²) in [6, 6.07) is 14.7. The van der Waals surface area contributed by atoms with Crippen LogP contribution in [0, 0.1) is 16.0 Å². The molecule has 0 unspecified atom stereocenters. The van der Waals surface area contributed by atoms with Gasteiger partial charge < -0.3 is 14.5 Å².